The second-order valence-corrected chi connectivity index (χ2v) is 6.68. The van der Waals surface area contributed by atoms with Crippen LogP contribution >= 0.6 is 22.9 Å². The number of rotatable bonds is 2. The Hall–Kier alpha value is -2.38. The van der Waals surface area contributed by atoms with Crippen LogP contribution in [0.5, 0.6) is 0 Å². The summed E-state index contributed by atoms with van der Waals surface area (Å²) in [6, 6.07) is 11.0. The van der Waals surface area contributed by atoms with E-state index in [9.17, 15) is 13.2 Å². The summed E-state index contributed by atoms with van der Waals surface area (Å²) in [4.78, 5) is 4.84. The van der Waals surface area contributed by atoms with Gasteiger partial charge in [0, 0.05) is 16.6 Å². The SMILES string of the molecule is FC(F)(F)c1cc(-c2cccs2)nn1-c1ccnc2cc(Cl)ccc12. The molecule has 3 nitrogen and oxygen atoms in total. The van der Waals surface area contributed by atoms with E-state index in [1.165, 1.54) is 23.6 Å². The number of hydrogen-bond acceptors (Lipinski definition) is 3. The van der Waals surface area contributed by atoms with E-state index < -0.39 is 11.9 Å². The normalized spacial score (nSPS) is 12.0. The lowest BCUT2D eigenvalue weighted by Gasteiger charge is -2.12. The Morgan fingerprint density at radius 2 is 1.92 bits per heavy atom. The molecular formula is C17H9ClF3N3S. The second kappa shape index (κ2) is 5.86. The van der Waals surface area contributed by atoms with Crippen molar-refractivity contribution in [1.82, 2.24) is 14.8 Å². The van der Waals surface area contributed by atoms with Crippen LogP contribution in [0.15, 0.2) is 54.0 Å². The fourth-order valence-corrected chi connectivity index (χ4v) is 3.45. The Labute approximate surface area is 149 Å². The minimum atomic E-state index is -4.54. The maximum atomic E-state index is 13.6. The van der Waals surface area contributed by atoms with Crippen molar-refractivity contribution in [2.24, 2.45) is 0 Å². The summed E-state index contributed by atoms with van der Waals surface area (Å²) in [6.45, 7) is 0. The van der Waals surface area contributed by atoms with E-state index in [1.54, 1.807) is 35.7 Å². The fraction of sp³-hybridized carbons (Fsp3) is 0.0588. The maximum Gasteiger partial charge on any atom is 0.433 e. The van der Waals surface area contributed by atoms with E-state index in [4.69, 9.17) is 11.6 Å². The summed E-state index contributed by atoms with van der Waals surface area (Å²) in [5.74, 6) is 0. The van der Waals surface area contributed by atoms with Gasteiger partial charge >= 0.3 is 6.18 Å². The zero-order valence-corrected chi connectivity index (χ0v) is 14.0. The Morgan fingerprint density at radius 1 is 1.08 bits per heavy atom. The van der Waals surface area contributed by atoms with Crippen LogP contribution in [-0.4, -0.2) is 14.8 Å². The van der Waals surface area contributed by atoms with Crippen LogP contribution in [0.25, 0.3) is 27.2 Å². The summed E-state index contributed by atoms with van der Waals surface area (Å²) in [5.41, 5.74) is 0.252. The van der Waals surface area contributed by atoms with Crippen molar-refractivity contribution in [1.29, 1.82) is 0 Å². The predicted molar refractivity (Wildman–Crippen MR) is 92.2 cm³/mol. The monoisotopic (exact) mass is 379 g/mol. The molecule has 4 aromatic rings. The fourth-order valence-electron chi connectivity index (χ4n) is 2.60. The van der Waals surface area contributed by atoms with Gasteiger partial charge in [-0.2, -0.15) is 18.3 Å². The molecule has 0 unspecified atom stereocenters. The number of halogens is 4. The molecular weight excluding hydrogens is 371 g/mol. The topological polar surface area (TPSA) is 30.7 Å². The van der Waals surface area contributed by atoms with E-state index >= 15 is 0 Å². The highest BCUT2D eigenvalue weighted by Crippen LogP contribution is 2.36. The van der Waals surface area contributed by atoms with E-state index in [2.05, 4.69) is 10.1 Å². The lowest BCUT2D eigenvalue weighted by atomic mass is 10.2. The van der Waals surface area contributed by atoms with Crippen molar-refractivity contribution in [3.05, 3.63) is 64.8 Å². The third-order valence-electron chi connectivity index (χ3n) is 3.68. The average Bonchev–Trinajstić information content (AvgIpc) is 3.22. The van der Waals surface area contributed by atoms with E-state index in [-0.39, 0.29) is 5.69 Å². The number of hydrogen-bond donors (Lipinski definition) is 0. The van der Waals surface area contributed by atoms with Crippen molar-refractivity contribution in [3.8, 4) is 16.3 Å². The largest absolute Gasteiger partial charge is 0.433 e. The molecule has 0 saturated heterocycles. The summed E-state index contributed by atoms with van der Waals surface area (Å²) in [5, 5.41) is 7.01. The molecule has 3 aromatic heterocycles. The molecule has 0 atom stereocenters. The smallest absolute Gasteiger partial charge is 0.256 e. The van der Waals surface area contributed by atoms with Gasteiger partial charge in [0.25, 0.3) is 0 Å². The van der Waals surface area contributed by atoms with Gasteiger partial charge in [0.05, 0.1) is 16.1 Å². The van der Waals surface area contributed by atoms with Crippen LogP contribution in [0.4, 0.5) is 13.2 Å². The molecule has 0 N–H and O–H groups in total. The lowest BCUT2D eigenvalue weighted by molar-refractivity contribution is -0.142. The van der Waals surface area contributed by atoms with Crippen LogP contribution < -0.4 is 0 Å². The van der Waals surface area contributed by atoms with Gasteiger partial charge < -0.3 is 0 Å². The molecule has 126 valence electrons. The minimum Gasteiger partial charge on any atom is -0.256 e. The predicted octanol–water partition coefficient (Wildman–Crippen LogP) is 5.82. The molecule has 3 heterocycles. The van der Waals surface area contributed by atoms with Gasteiger partial charge in [0.1, 0.15) is 11.4 Å². The summed E-state index contributed by atoms with van der Waals surface area (Å²) in [6.07, 6.45) is -3.09. The molecule has 0 saturated carbocycles. The molecule has 4 rings (SSSR count). The van der Waals surface area contributed by atoms with Crippen molar-refractivity contribution >= 4 is 33.8 Å². The van der Waals surface area contributed by atoms with Crippen molar-refractivity contribution < 1.29 is 13.2 Å². The molecule has 0 aliphatic rings. The highest BCUT2D eigenvalue weighted by atomic mass is 35.5. The Morgan fingerprint density at radius 3 is 2.64 bits per heavy atom. The maximum absolute atomic E-state index is 13.6. The molecule has 0 bridgehead atoms. The van der Waals surface area contributed by atoms with E-state index in [0.29, 0.717) is 26.5 Å². The summed E-state index contributed by atoms with van der Waals surface area (Å²) >= 11 is 7.29. The van der Waals surface area contributed by atoms with Gasteiger partial charge in [0.15, 0.2) is 0 Å². The van der Waals surface area contributed by atoms with Gasteiger partial charge in [-0.1, -0.05) is 17.7 Å². The highest BCUT2D eigenvalue weighted by molar-refractivity contribution is 7.13. The number of aromatic nitrogens is 3. The molecule has 8 heteroatoms. The van der Waals surface area contributed by atoms with Crippen LogP contribution in [0.3, 0.4) is 0 Å². The number of thiophene rings is 1. The first-order chi connectivity index (χ1) is 11.9. The van der Waals surface area contributed by atoms with Gasteiger partial charge in [-0.3, -0.25) is 4.98 Å². The molecule has 0 aliphatic carbocycles. The zero-order chi connectivity index (χ0) is 17.6. The van der Waals surface area contributed by atoms with E-state index in [1.807, 2.05) is 0 Å². The number of pyridine rings is 1. The molecule has 0 amide bonds. The number of alkyl halides is 3. The number of nitrogens with zero attached hydrogens (tertiary/aromatic N) is 3. The molecule has 1 aromatic carbocycles. The third-order valence-corrected chi connectivity index (χ3v) is 4.81. The molecule has 25 heavy (non-hydrogen) atoms. The minimum absolute atomic E-state index is 0.279. The standard InChI is InChI=1S/C17H9ClF3N3S/c18-10-3-4-11-12(8-10)22-6-5-14(11)24-16(17(19,20)21)9-13(23-24)15-2-1-7-25-15/h1-9H. The highest BCUT2D eigenvalue weighted by Gasteiger charge is 2.37. The molecule has 0 spiro atoms. The van der Waals surface area contributed by atoms with Gasteiger partial charge in [-0.05, 0) is 41.8 Å². The van der Waals surface area contributed by atoms with Crippen LogP contribution in [-0.2, 0) is 6.18 Å². The third kappa shape index (κ3) is 2.89. The van der Waals surface area contributed by atoms with Crippen molar-refractivity contribution in [3.63, 3.8) is 0 Å². The van der Waals surface area contributed by atoms with Crippen molar-refractivity contribution in [2.45, 2.75) is 6.18 Å². The number of benzene rings is 1. The number of fused-ring (bicyclic) bond motifs is 1. The Balaban J connectivity index is 1.99. The first kappa shape index (κ1) is 16.1. The van der Waals surface area contributed by atoms with Crippen LogP contribution in [0.1, 0.15) is 5.69 Å². The first-order valence-corrected chi connectivity index (χ1v) is 8.45. The Kier molecular flexibility index (Phi) is 3.77. The van der Waals surface area contributed by atoms with Gasteiger partial charge in [0.2, 0.25) is 0 Å². The second-order valence-electron chi connectivity index (χ2n) is 5.29. The zero-order valence-electron chi connectivity index (χ0n) is 12.5. The molecule has 0 aliphatic heterocycles. The van der Waals surface area contributed by atoms with Crippen LogP contribution in [0, 0.1) is 0 Å². The first-order valence-electron chi connectivity index (χ1n) is 7.19. The quantitative estimate of drug-likeness (QED) is 0.439. The van der Waals surface area contributed by atoms with Gasteiger partial charge in [-0.15, -0.1) is 11.3 Å². The molecule has 0 radical (unpaired) electrons. The summed E-state index contributed by atoms with van der Waals surface area (Å²) in [7, 11) is 0. The van der Waals surface area contributed by atoms with E-state index in [0.717, 1.165) is 10.7 Å². The lowest BCUT2D eigenvalue weighted by Crippen LogP contribution is -2.13. The van der Waals surface area contributed by atoms with Crippen LogP contribution in [0.2, 0.25) is 5.02 Å². The van der Waals surface area contributed by atoms with Crippen molar-refractivity contribution in [2.75, 3.05) is 0 Å². The molecule has 0 fully saturated rings. The van der Waals surface area contributed by atoms with Gasteiger partial charge in [-0.25, -0.2) is 4.68 Å². The summed E-state index contributed by atoms with van der Waals surface area (Å²) < 4.78 is 41.6. The average molecular weight is 380 g/mol. The Bertz CT molecular complexity index is 1050.